The van der Waals surface area contributed by atoms with Gasteiger partial charge in [0, 0.05) is 24.7 Å². The molecular formula is C13H16BrFN2O2. The van der Waals surface area contributed by atoms with E-state index in [1.807, 2.05) is 4.90 Å². The number of amides is 1. The molecule has 0 unspecified atom stereocenters. The molecule has 0 aliphatic carbocycles. The summed E-state index contributed by atoms with van der Waals surface area (Å²) in [5.41, 5.74) is 6.33. The number of primary amides is 1. The van der Waals surface area contributed by atoms with Crippen molar-refractivity contribution in [3.8, 4) is 0 Å². The van der Waals surface area contributed by atoms with Gasteiger partial charge in [-0.2, -0.15) is 0 Å². The summed E-state index contributed by atoms with van der Waals surface area (Å²) in [5, 5.41) is 0. The van der Waals surface area contributed by atoms with E-state index in [-0.39, 0.29) is 23.9 Å². The Balaban J connectivity index is 2.14. The van der Waals surface area contributed by atoms with Crippen molar-refractivity contribution in [2.45, 2.75) is 25.1 Å². The summed E-state index contributed by atoms with van der Waals surface area (Å²) in [5.74, 6) is -0.643. The highest BCUT2D eigenvalue weighted by molar-refractivity contribution is 9.10. The van der Waals surface area contributed by atoms with Gasteiger partial charge in [0.25, 0.3) is 0 Å². The molecule has 6 heteroatoms. The van der Waals surface area contributed by atoms with Crippen LogP contribution in [0.4, 0.5) is 4.39 Å². The minimum Gasteiger partial charge on any atom is -0.380 e. The molecule has 1 heterocycles. The molecule has 1 aliphatic rings. The van der Waals surface area contributed by atoms with Gasteiger partial charge in [0.05, 0.1) is 12.1 Å². The molecule has 1 amide bonds. The van der Waals surface area contributed by atoms with Crippen LogP contribution in [-0.4, -0.2) is 36.6 Å². The number of likely N-dealkylation sites (tertiary alicyclic amines) is 1. The van der Waals surface area contributed by atoms with Crippen molar-refractivity contribution >= 4 is 21.8 Å². The Morgan fingerprint density at radius 1 is 1.63 bits per heavy atom. The highest BCUT2D eigenvalue weighted by Gasteiger charge is 2.35. The van der Waals surface area contributed by atoms with Gasteiger partial charge in [-0.05, 0) is 24.1 Å². The van der Waals surface area contributed by atoms with Crippen LogP contribution in [-0.2, 0) is 16.1 Å². The van der Waals surface area contributed by atoms with E-state index in [1.165, 1.54) is 12.1 Å². The number of methoxy groups -OCH3 is 1. The standard InChI is InChI=1S/C13H16BrFN2O2/c1-19-10-5-12(13(16)18)17(7-10)6-8-2-3-9(15)4-11(8)14/h2-4,10,12H,5-7H2,1H3,(H2,16,18)/t10-,12-/m0/s1. The number of carbonyl (C=O) groups excluding carboxylic acids is 1. The third kappa shape index (κ3) is 3.32. The van der Waals surface area contributed by atoms with Crippen LogP contribution in [0.1, 0.15) is 12.0 Å². The Labute approximate surface area is 119 Å². The number of hydrogen-bond acceptors (Lipinski definition) is 3. The fraction of sp³-hybridized carbons (Fsp3) is 0.462. The van der Waals surface area contributed by atoms with Crippen LogP contribution >= 0.6 is 15.9 Å². The topological polar surface area (TPSA) is 55.6 Å². The van der Waals surface area contributed by atoms with Crippen molar-refractivity contribution in [3.05, 3.63) is 34.1 Å². The van der Waals surface area contributed by atoms with Crippen LogP contribution in [0.25, 0.3) is 0 Å². The minimum atomic E-state index is -0.349. The number of nitrogens with two attached hydrogens (primary N) is 1. The zero-order valence-electron chi connectivity index (χ0n) is 10.6. The van der Waals surface area contributed by atoms with Gasteiger partial charge in [-0.3, -0.25) is 9.69 Å². The molecule has 1 aromatic carbocycles. The van der Waals surface area contributed by atoms with Gasteiger partial charge in [0.15, 0.2) is 0 Å². The van der Waals surface area contributed by atoms with E-state index in [4.69, 9.17) is 10.5 Å². The van der Waals surface area contributed by atoms with E-state index >= 15 is 0 Å². The number of carbonyl (C=O) groups is 1. The summed E-state index contributed by atoms with van der Waals surface area (Å²) in [4.78, 5) is 13.4. The lowest BCUT2D eigenvalue weighted by molar-refractivity contribution is -0.122. The lowest BCUT2D eigenvalue weighted by atomic mass is 10.1. The smallest absolute Gasteiger partial charge is 0.234 e. The number of halogens is 2. The van der Waals surface area contributed by atoms with Crippen molar-refractivity contribution in [2.24, 2.45) is 5.73 Å². The Morgan fingerprint density at radius 3 is 2.95 bits per heavy atom. The van der Waals surface area contributed by atoms with Crippen LogP contribution < -0.4 is 5.73 Å². The Kier molecular flexibility index (Phi) is 4.54. The number of nitrogens with zero attached hydrogens (tertiary/aromatic N) is 1. The van der Waals surface area contributed by atoms with Gasteiger partial charge in [0.1, 0.15) is 5.82 Å². The summed E-state index contributed by atoms with van der Waals surface area (Å²) >= 11 is 3.33. The Morgan fingerprint density at radius 2 is 2.37 bits per heavy atom. The lowest BCUT2D eigenvalue weighted by Gasteiger charge is -2.22. The van der Waals surface area contributed by atoms with E-state index < -0.39 is 0 Å². The maximum atomic E-state index is 13.0. The maximum Gasteiger partial charge on any atom is 0.234 e. The highest BCUT2D eigenvalue weighted by atomic mass is 79.9. The monoisotopic (exact) mass is 330 g/mol. The van der Waals surface area contributed by atoms with Crippen LogP contribution in [0.2, 0.25) is 0 Å². The molecule has 1 fully saturated rings. The Hall–Kier alpha value is -0.980. The molecule has 2 rings (SSSR count). The molecule has 2 N–H and O–H groups in total. The predicted molar refractivity (Wildman–Crippen MR) is 72.9 cm³/mol. The van der Waals surface area contributed by atoms with E-state index in [2.05, 4.69) is 15.9 Å². The first-order chi connectivity index (χ1) is 9.01. The summed E-state index contributed by atoms with van der Waals surface area (Å²) in [6.07, 6.45) is 0.613. The molecule has 104 valence electrons. The van der Waals surface area contributed by atoms with E-state index in [0.717, 1.165) is 5.56 Å². The first kappa shape index (κ1) is 14.4. The largest absolute Gasteiger partial charge is 0.380 e. The molecule has 1 aromatic rings. The fourth-order valence-corrected chi connectivity index (χ4v) is 2.85. The summed E-state index contributed by atoms with van der Waals surface area (Å²) in [7, 11) is 1.63. The second-order valence-electron chi connectivity index (χ2n) is 4.68. The number of ether oxygens (including phenoxy) is 1. The average Bonchev–Trinajstić information content (AvgIpc) is 2.76. The van der Waals surface area contributed by atoms with Gasteiger partial charge in [0.2, 0.25) is 5.91 Å². The van der Waals surface area contributed by atoms with Gasteiger partial charge < -0.3 is 10.5 Å². The van der Waals surface area contributed by atoms with Gasteiger partial charge >= 0.3 is 0 Å². The number of hydrogen-bond donors (Lipinski definition) is 1. The van der Waals surface area contributed by atoms with Crippen molar-refractivity contribution in [3.63, 3.8) is 0 Å². The number of rotatable bonds is 4. The first-order valence-electron chi connectivity index (χ1n) is 6.01. The maximum absolute atomic E-state index is 13.0. The number of benzene rings is 1. The van der Waals surface area contributed by atoms with Crippen molar-refractivity contribution in [1.29, 1.82) is 0 Å². The molecule has 0 aromatic heterocycles. The van der Waals surface area contributed by atoms with E-state index in [1.54, 1.807) is 13.2 Å². The third-order valence-electron chi connectivity index (χ3n) is 3.42. The molecule has 19 heavy (non-hydrogen) atoms. The zero-order valence-corrected chi connectivity index (χ0v) is 12.2. The molecule has 0 spiro atoms. The van der Waals surface area contributed by atoms with E-state index in [9.17, 15) is 9.18 Å². The second kappa shape index (κ2) is 5.98. The summed E-state index contributed by atoms with van der Waals surface area (Å²) < 4.78 is 19.0. The second-order valence-corrected chi connectivity index (χ2v) is 5.53. The summed E-state index contributed by atoms with van der Waals surface area (Å²) in [6.45, 7) is 1.18. The van der Waals surface area contributed by atoms with Crippen LogP contribution in [0.15, 0.2) is 22.7 Å². The van der Waals surface area contributed by atoms with Gasteiger partial charge in [-0.1, -0.05) is 22.0 Å². The Bertz CT molecular complexity index is 484. The van der Waals surface area contributed by atoms with Gasteiger partial charge in [-0.25, -0.2) is 4.39 Å². The molecule has 0 bridgehead atoms. The van der Waals surface area contributed by atoms with Crippen LogP contribution in [0.3, 0.4) is 0 Å². The average molecular weight is 331 g/mol. The molecular weight excluding hydrogens is 315 g/mol. The lowest BCUT2D eigenvalue weighted by Crippen LogP contribution is -2.39. The van der Waals surface area contributed by atoms with Crippen molar-refractivity contribution < 1.29 is 13.9 Å². The normalized spacial score (nSPS) is 23.7. The van der Waals surface area contributed by atoms with Crippen molar-refractivity contribution in [2.75, 3.05) is 13.7 Å². The fourth-order valence-electron chi connectivity index (χ4n) is 2.37. The molecule has 1 aliphatic heterocycles. The molecule has 0 radical (unpaired) electrons. The highest BCUT2D eigenvalue weighted by Crippen LogP contribution is 2.25. The molecule has 4 nitrogen and oxygen atoms in total. The van der Waals surface area contributed by atoms with Crippen LogP contribution in [0, 0.1) is 5.82 Å². The molecule has 1 saturated heterocycles. The molecule has 2 atom stereocenters. The quantitative estimate of drug-likeness (QED) is 0.913. The van der Waals surface area contributed by atoms with Crippen molar-refractivity contribution in [1.82, 2.24) is 4.90 Å². The SMILES string of the molecule is CO[C@H]1C[C@@H](C(N)=O)N(Cc2ccc(F)cc2Br)C1. The van der Waals surface area contributed by atoms with Crippen LogP contribution in [0.5, 0.6) is 0 Å². The van der Waals surface area contributed by atoms with Gasteiger partial charge in [-0.15, -0.1) is 0 Å². The summed E-state index contributed by atoms with van der Waals surface area (Å²) in [6, 6.07) is 4.20. The van der Waals surface area contributed by atoms with E-state index in [0.29, 0.717) is 24.0 Å². The zero-order chi connectivity index (χ0) is 14.0. The first-order valence-corrected chi connectivity index (χ1v) is 6.80. The predicted octanol–water partition coefficient (Wildman–Crippen LogP) is 1.66. The minimum absolute atomic E-state index is 0.0109. The third-order valence-corrected chi connectivity index (χ3v) is 4.15. The molecule has 0 saturated carbocycles.